The molecule has 0 aromatic heterocycles. The Morgan fingerprint density at radius 1 is 1.50 bits per heavy atom. The van der Waals surface area contributed by atoms with Crippen LogP contribution in [0.4, 0.5) is 0 Å². The molecule has 0 heterocycles. The molecule has 0 fully saturated rings. The van der Waals surface area contributed by atoms with E-state index in [0.717, 1.165) is 0 Å². The van der Waals surface area contributed by atoms with Crippen molar-refractivity contribution in [1.29, 1.82) is 0 Å². The van der Waals surface area contributed by atoms with Gasteiger partial charge in [0.2, 0.25) is 0 Å². The van der Waals surface area contributed by atoms with Crippen LogP contribution in [-0.4, -0.2) is 16.8 Å². The highest BCUT2D eigenvalue weighted by molar-refractivity contribution is 9.10. The van der Waals surface area contributed by atoms with Crippen molar-refractivity contribution in [3.05, 3.63) is 27.2 Å². The standard InChI is InChI=1S/C9H11BrClNO2/c10-8-6(11)2-1-5(9(8)14)7(12)3-4-13/h1-2,7,13-14H,3-4,12H2/t7-/m1/s1. The molecule has 4 N–H and O–H groups in total. The van der Waals surface area contributed by atoms with Crippen LogP contribution >= 0.6 is 27.5 Å². The topological polar surface area (TPSA) is 66.5 Å². The molecule has 0 aliphatic heterocycles. The molecule has 1 aromatic rings. The van der Waals surface area contributed by atoms with Gasteiger partial charge in [0.1, 0.15) is 5.75 Å². The summed E-state index contributed by atoms with van der Waals surface area (Å²) >= 11 is 8.92. The van der Waals surface area contributed by atoms with Crippen LogP contribution in [0.15, 0.2) is 16.6 Å². The molecule has 1 aromatic carbocycles. The minimum atomic E-state index is -0.381. The van der Waals surface area contributed by atoms with Gasteiger partial charge in [-0.1, -0.05) is 17.7 Å². The van der Waals surface area contributed by atoms with Gasteiger partial charge >= 0.3 is 0 Å². The molecule has 0 radical (unpaired) electrons. The minimum Gasteiger partial charge on any atom is -0.506 e. The zero-order chi connectivity index (χ0) is 10.7. The van der Waals surface area contributed by atoms with Gasteiger partial charge in [0, 0.05) is 18.2 Å². The quantitative estimate of drug-likeness (QED) is 0.795. The third kappa shape index (κ3) is 2.39. The Morgan fingerprint density at radius 2 is 2.14 bits per heavy atom. The Labute approximate surface area is 95.6 Å². The van der Waals surface area contributed by atoms with Crippen molar-refractivity contribution in [2.45, 2.75) is 12.5 Å². The Kier molecular flexibility index (Phi) is 4.19. The summed E-state index contributed by atoms with van der Waals surface area (Å²) in [6.45, 7) is -0.0130. The van der Waals surface area contributed by atoms with Crippen LogP contribution in [0.2, 0.25) is 5.02 Å². The minimum absolute atomic E-state index is 0.0130. The molecule has 0 saturated carbocycles. The molecule has 78 valence electrons. The van der Waals surface area contributed by atoms with E-state index in [-0.39, 0.29) is 18.4 Å². The average Bonchev–Trinajstić information content (AvgIpc) is 2.15. The van der Waals surface area contributed by atoms with Crippen LogP contribution in [0.1, 0.15) is 18.0 Å². The number of halogens is 2. The van der Waals surface area contributed by atoms with Crippen molar-refractivity contribution < 1.29 is 10.2 Å². The summed E-state index contributed by atoms with van der Waals surface area (Å²) in [5, 5.41) is 18.8. The van der Waals surface area contributed by atoms with Crippen molar-refractivity contribution in [1.82, 2.24) is 0 Å². The Morgan fingerprint density at radius 3 is 2.71 bits per heavy atom. The summed E-state index contributed by atoms with van der Waals surface area (Å²) in [6.07, 6.45) is 0.404. The maximum atomic E-state index is 9.68. The number of aromatic hydroxyl groups is 1. The monoisotopic (exact) mass is 279 g/mol. The lowest BCUT2D eigenvalue weighted by Gasteiger charge is -2.13. The van der Waals surface area contributed by atoms with E-state index < -0.39 is 0 Å². The third-order valence-electron chi connectivity index (χ3n) is 1.94. The number of rotatable bonds is 3. The lowest BCUT2D eigenvalue weighted by atomic mass is 10.0. The highest BCUT2D eigenvalue weighted by Crippen LogP contribution is 2.37. The summed E-state index contributed by atoms with van der Waals surface area (Å²) in [5.41, 5.74) is 6.32. The maximum absolute atomic E-state index is 9.68. The van der Waals surface area contributed by atoms with E-state index in [1.54, 1.807) is 12.1 Å². The maximum Gasteiger partial charge on any atom is 0.136 e. The first kappa shape index (κ1) is 11.8. The van der Waals surface area contributed by atoms with Gasteiger partial charge in [-0.15, -0.1) is 0 Å². The molecule has 0 bridgehead atoms. The predicted molar refractivity (Wildman–Crippen MR) is 59.4 cm³/mol. The molecule has 0 aliphatic rings. The first-order chi connectivity index (χ1) is 6.57. The van der Waals surface area contributed by atoms with E-state index in [9.17, 15) is 5.11 Å². The van der Waals surface area contributed by atoms with E-state index in [0.29, 0.717) is 21.5 Å². The number of benzene rings is 1. The summed E-state index contributed by atoms with van der Waals surface area (Å²) in [6, 6.07) is 2.93. The predicted octanol–water partition coefficient (Wildman–Crippen LogP) is 2.19. The van der Waals surface area contributed by atoms with Crippen LogP contribution in [0.25, 0.3) is 0 Å². The van der Waals surface area contributed by atoms with Crippen molar-refractivity contribution in [2.75, 3.05) is 6.61 Å². The van der Waals surface area contributed by atoms with Gasteiger partial charge in [-0.2, -0.15) is 0 Å². The second kappa shape index (κ2) is 4.98. The number of phenols is 1. The van der Waals surface area contributed by atoms with Crippen molar-refractivity contribution in [3.63, 3.8) is 0 Å². The second-order valence-electron chi connectivity index (χ2n) is 2.92. The number of hydrogen-bond acceptors (Lipinski definition) is 3. The van der Waals surface area contributed by atoms with E-state index >= 15 is 0 Å². The largest absolute Gasteiger partial charge is 0.506 e. The summed E-state index contributed by atoms with van der Waals surface area (Å²) < 4.78 is 0.435. The molecule has 5 heteroatoms. The molecule has 0 saturated heterocycles. The van der Waals surface area contributed by atoms with Crippen LogP contribution in [0, 0.1) is 0 Å². The summed E-state index contributed by atoms with van der Waals surface area (Å²) in [7, 11) is 0. The first-order valence-electron chi connectivity index (χ1n) is 4.11. The Hall–Kier alpha value is -0.290. The van der Waals surface area contributed by atoms with E-state index in [2.05, 4.69) is 15.9 Å². The zero-order valence-corrected chi connectivity index (χ0v) is 9.72. The van der Waals surface area contributed by atoms with Crippen LogP contribution < -0.4 is 5.73 Å². The fraction of sp³-hybridized carbons (Fsp3) is 0.333. The highest BCUT2D eigenvalue weighted by Gasteiger charge is 2.14. The molecule has 0 amide bonds. The van der Waals surface area contributed by atoms with Crippen molar-refractivity contribution >= 4 is 27.5 Å². The molecule has 0 spiro atoms. The molecule has 0 unspecified atom stereocenters. The Bertz CT molecular complexity index is 333. The molecule has 1 atom stereocenters. The molecule has 0 aliphatic carbocycles. The smallest absolute Gasteiger partial charge is 0.136 e. The van der Waals surface area contributed by atoms with E-state index in [1.165, 1.54) is 0 Å². The molecular weight excluding hydrogens is 269 g/mol. The number of phenolic OH excluding ortho intramolecular Hbond substituents is 1. The number of aliphatic hydroxyl groups excluding tert-OH is 1. The van der Waals surface area contributed by atoms with Gasteiger partial charge in [-0.25, -0.2) is 0 Å². The SMILES string of the molecule is N[C@H](CCO)c1ccc(Cl)c(Br)c1O. The fourth-order valence-corrected chi connectivity index (χ4v) is 1.66. The van der Waals surface area contributed by atoms with Gasteiger partial charge in [-0.05, 0) is 28.4 Å². The molecule has 3 nitrogen and oxygen atoms in total. The fourth-order valence-electron chi connectivity index (χ4n) is 1.15. The zero-order valence-electron chi connectivity index (χ0n) is 7.37. The molecule has 1 rings (SSSR count). The third-order valence-corrected chi connectivity index (χ3v) is 3.29. The lowest BCUT2D eigenvalue weighted by molar-refractivity contribution is 0.275. The van der Waals surface area contributed by atoms with Gasteiger partial charge in [0.25, 0.3) is 0 Å². The molecular formula is C9H11BrClNO2. The van der Waals surface area contributed by atoms with Gasteiger partial charge in [0.15, 0.2) is 0 Å². The summed E-state index contributed by atoms with van der Waals surface area (Å²) in [4.78, 5) is 0. The normalized spacial score (nSPS) is 12.9. The molecule has 14 heavy (non-hydrogen) atoms. The second-order valence-corrected chi connectivity index (χ2v) is 4.12. The van der Waals surface area contributed by atoms with Crippen molar-refractivity contribution in [3.8, 4) is 5.75 Å². The van der Waals surface area contributed by atoms with Crippen LogP contribution in [-0.2, 0) is 0 Å². The van der Waals surface area contributed by atoms with Crippen molar-refractivity contribution in [2.24, 2.45) is 5.73 Å². The van der Waals surface area contributed by atoms with Crippen LogP contribution in [0.3, 0.4) is 0 Å². The number of aliphatic hydroxyl groups is 1. The Balaban J connectivity index is 3.04. The van der Waals surface area contributed by atoms with Gasteiger partial charge in [0.05, 0.1) is 9.50 Å². The van der Waals surface area contributed by atoms with Crippen LogP contribution in [0.5, 0.6) is 5.75 Å². The number of nitrogens with two attached hydrogens (primary N) is 1. The first-order valence-corrected chi connectivity index (χ1v) is 5.28. The van der Waals surface area contributed by atoms with E-state index in [1.807, 2.05) is 0 Å². The average molecular weight is 281 g/mol. The number of hydrogen-bond donors (Lipinski definition) is 3. The van der Waals surface area contributed by atoms with Gasteiger partial charge < -0.3 is 15.9 Å². The highest BCUT2D eigenvalue weighted by atomic mass is 79.9. The lowest BCUT2D eigenvalue weighted by Crippen LogP contribution is -2.12. The van der Waals surface area contributed by atoms with Gasteiger partial charge in [-0.3, -0.25) is 0 Å². The van der Waals surface area contributed by atoms with E-state index in [4.69, 9.17) is 22.4 Å². The summed E-state index contributed by atoms with van der Waals surface area (Å²) in [5.74, 6) is 0.0402.